The molecule has 0 fully saturated rings. The van der Waals surface area contributed by atoms with Crippen LogP contribution in [0.4, 0.5) is 0 Å². The van der Waals surface area contributed by atoms with E-state index in [1.165, 1.54) is 11.8 Å². The number of ketones is 1. The van der Waals surface area contributed by atoms with Gasteiger partial charge in [-0.1, -0.05) is 48.2 Å². The monoisotopic (exact) mass is 274 g/mol. The molecular formula is C15H18N2OS. The quantitative estimate of drug-likeness (QED) is 0.365. The van der Waals surface area contributed by atoms with E-state index in [-0.39, 0.29) is 5.78 Å². The molecule has 0 bridgehead atoms. The van der Waals surface area contributed by atoms with Gasteiger partial charge in [0.2, 0.25) is 0 Å². The number of allylic oxidation sites excluding steroid dienone is 1. The fourth-order valence-electron chi connectivity index (χ4n) is 1.34. The third kappa shape index (κ3) is 4.75. The van der Waals surface area contributed by atoms with Gasteiger partial charge in [-0.25, -0.2) is 0 Å². The molecule has 1 rings (SSSR count). The average molecular weight is 274 g/mol. The molecule has 0 unspecified atom stereocenters. The molecule has 19 heavy (non-hydrogen) atoms. The molecule has 3 nitrogen and oxygen atoms in total. The number of amidine groups is 1. The molecule has 0 aliphatic carbocycles. The van der Waals surface area contributed by atoms with E-state index in [2.05, 4.69) is 11.6 Å². The average Bonchev–Trinajstić information content (AvgIpc) is 2.43. The SMILES string of the molecule is C=CN(C)C(=NC)S/C=C/C(=O)c1ccc(C)cc1. The minimum atomic E-state index is -0.00999. The van der Waals surface area contributed by atoms with Gasteiger partial charge in [-0.05, 0) is 24.6 Å². The summed E-state index contributed by atoms with van der Waals surface area (Å²) in [6, 6.07) is 7.52. The van der Waals surface area contributed by atoms with E-state index in [0.717, 1.165) is 10.7 Å². The van der Waals surface area contributed by atoms with Gasteiger partial charge in [0.1, 0.15) is 0 Å². The second kappa shape index (κ2) is 7.59. The van der Waals surface area contributed by atoms with E-state index in [0.29, 0.717) is 5.56 Å². The van der Waals surface area contributed by atoms with Gasteiger partial charge in [0, 0.05) is 19.7 Å². The smallest absolute Gasteiger partial charge is 0.186 e. The van der Waals surface area contributed by atoms with E-state index in [1.54, 1.807) is 29.6 Å². The Bertz CT molecular complexity index is 503. The van der Waals surface area contributed by atoms with Crippen LogP contribution in [-0.2, 0) is 0 Å². The molecule has 0 saturated carbocycles. The van der Waals surface area contributed by atoms with Crippen molar-refractivity contribution in [2.75, 3.05) is 14.1 Å². The molecule has 0 aliphatic heterocycles. The second-order valence-corrected chi connectivity index (χ2v) is 4.82. The standard InChI is InChI=1S/C15H18N2OS/c1-5-17(4)15(16-3)19-11-10-14(18)13-8-6-12(2)7-9-13/h5-11H,1H2,2-4H3/b11-10+,16-15?. The fraction of sp³-hybridized carbons (Fsp3) is 0.200. The summed E-state index contributed by atoms with van der Waals surface area (Å²) in [5.41, 5.74) is 1.83. The first-order chi connectivity index (χ1) is 9.08. The van der Waals surface area contributed by atoms with E-state index in [9.17, 15) is 4.79 Å². The molecular weight excluding hydrogens is 256 g/mol. The van der Waals surface area contributed by atoms with Crippen LogP contribution in [0.25, 0.3) is 0 Å². The van der Waals surface area contributed by atoms with Crippen molar-refractivity contribution < 1.29 is 4.79 Å². The second-order valence-electron chi connectivity index (χ2n) is 3.95. The Kier molecular flexibility index (Phi) is 6.09. The van der Waals surface area contributed by atoms with Gasteiger partial charge in [-0.15, -0.1) is 0 Å². The van der Waals surface area contributed by atoms with Crippen molar-refractivity contribution in [2.24, 2.45) is 4.99 Å². The van der Waals surface area contributed by atoms with Gasteiger partial charge in [-0.2, -0.15) is 0 Å². The number of rotatable bonds is 4. The van der Waals surface area contributed by atoms with Crippen LogP contribution in [0, 0.1) is 6.92 Å². The zero-order valence-corrected chi connectivity index (χ0v) is 12.3. The van der Waals surface area contributed by atoms with Crippen molar-refractivity contribution >= 4 is 22.7 Å². The third-order valence-corrected chi connectivity index (χ3v) is 3.45. The Morgan fingerprint density at radius 1 is 1.37 bits per heavy atom. The van der Waals surface area contributed by atoms with E-state index < -0.39 is 0 Å². The van der Waals surface area contributed by atoms with Crippen molar-refractivity contribution in [3.63, 3.8) is 0 Å². The fourth-order valence-corrected chi connectivity index (χ4v) is 2.00. The molecule has 1 aromatic carbocycles. The highest BCUT2D eigenvalue weighted by atomic mass is 32.2. The number of nitrogens with zero attached hydrogens (tertiary/aromatic N) is 2. The van der Waals surface area contributed by atoms with Crippen molar-refractivity contribution in [1.82, 2.24) is 4.90 Å². The molecule has 100 valence electrons. The van der Waals surface area contributed by atoms with Crippen LogP contribution in [0.15, 0.2) is 53.5 Å². The Balaban J connectivity index is 2.64. The number of carbonyl (C=O) groups is 1. The van der Waals surface area contributed by atoms with Crippen LogP contribution < -0.4 is 0 Å². The minimum Gasteiger partial charge on any atom is -0.331 e. The Morgan fingerprint density at radius 3 is 2.53 bits per heavy atom. The molecule has 0 spiro atoms. The molecule has 0 atom stereocenters. The molecule has 0 N–H and O–H groups in total. The normalized spacial score (nSPS) is 11.6. The van der Waals surface area contributed by atoms with Crippen LogP contribution in [0.5, 0.6) is 0 Å². The Hall–Kier alpha value is -1.81. The van der Waals surface area contributed by atoms with Crippen LogP contribution in [0.1, 0.15) is 15.9 Å². The van der Waals surface area contributed by atoms with Crippen LogP contribution in [-0.4, -0.2) is 29.9 Å². The third-order valence-electron chi connectivity index (χ3n) is 2.50. The summed E-state index contributed by atoms with van der Waals surface area (Å²) in [6.07, 6.45) is 3.22. The molecule has 0 amide bonds. The first-order valence-corrected chi connectivity index (χ1v) is 6.73. The van der Waals surface area contributed by atoms with Crippen LogP contribution in [0.2, 0.25) is 0 Å². The van der Waals surface area contributed by atoms with E-state index in [4.69, 9.17) is 0 Å². The number of aryl methyl sites for hydroxylation is 1. The minimum absolute atomic E-state index is 0.00999. The maximum Gasteiger partial charge on any atom is 0.186 e. The number of hydrogen-bond acceptors (Lipinski definition) is 3. The molecule has 0 radical (unpaired) electrons. The number of benzene rings is 1. The highest BCUT2D eigenvalue weighted by Crippen LogP contribution is 2.11. The largest absolute Gasteiger partial charge is 0.331 e. The van der Waals surface area contributed by atoms with Crippen LogP contribution >= 0.6 is 11.8 Å². The molecule has 1 aromatic rings. The first kappa shape index (κ1) is 15.2. The lowest BCUT2D eigenvalue weighted by molar-refractivity contribution is 0.104. The molecule has 4 heteroatoms. The lowest BCUT2D eigenvalue weighted by atomic mass is 10.1. The van der Waals surface area contributed by atoms with Crippen molar-refractivity contribution in [3.8, 4) is 0 Å². The van der Waals surface area contributed by atoms with Crippen molar-refractivity contribution in [2.45, 2.75) is 6.92 Å². The highest BCUT2D eigenvalue weighted by molar-refractivity contribution is 8.16. The van der Waals surface area contributed by atoms with E-state index in [1.807, 2.05) is 38.2 Å². The van der Waals surface area contributed by atoms with Gasteiger partial charge in [0.15, 0.2) is 11.0 Å². The lowest BCUT2D eigenvalue weighted by Gasteiger charge is -2.12. The van der Waals surface area contributed by atoms with Crippen molar-refractivity contribution in [3.05, 3.63) is 59.7 Å². The molecule has 0 heterocycles. The van der Waals surface area contributed by atoms with Gasteiger partial charge in [0.05, 0.1) is 0 Å². The Morgan fingerprint density at radius 2 is 2.00 bits per heavy atom. The van der Waals surface area contributed by atoms with Crippen LogP contribution in [0.3, 0.4) is 0 Å². The maximum absolute atomic E-state index is 11.9. The molecule has 0 aromatic heterocycles. The van der Waals surface area contributed by atoms with Gasteiger partial charge >= 0.3 is 0 Å². The topological polar surface area (TPSA) is 32.7 Å². The first-order valence-electron chi connectivity index (χ1n) is 5.85. The number of aliphatic imine (C=N–C) groups is 1. The summed E-state index contributed by atoms with van der Waals surface area (Å²) < 4.78 is 0. The number of carbonyl (C=O) groups excluding carboxylic acids is 1. The van der Waals surface area contributed by atoms with E-state index >= 15 is 0 Å². The predicted molar refractivity (Wildman–Crippen MR) is 83.6 cm³/mol. The summed E-state index contributed by atoms with van der Waals surface area (Å²) in [6.45, 7) is 5.66. The summed E-state index contributed by atoms with van der Waals surface area (Å²) >= 11 is 1.38. The number of thioether (sulfide) groups is 1. The summed E-state index contributed by atoms with van der Waals surface area (Å²) in [5.74, 6) is -0.00999. The Labute approximate surface area is 118 Å². The zero-order valence-electron chi connectivity index (χ0n) is 11.5. The van der Waals surface area contributed by atoms with Gasteiger partial charge in [0.25, 0.3) is 0 Å². The van der Waals surface area contributed by atoms with Gasteiger partial charge < -0.3 is 4.90 Å². The highest BCUT2D eigenvalue weighted by Gasteiger charge is 2.03. The lowest BCUT2D eigenvalue weighted by Crippen LogP contribution is -2.16. The number of hydrogen-bond donors (Lipinski definition) is 0. The van der Waals surface area contributed by atoms with Crippen molar-refractivity contribution in [1.29, 1.82) is 0 Å². The summed E-state index contributed by atoms with van der Waals surface area (Å²) in [7, 11) is 3.57. The van der Waals surface area contributed by atoms with Gasteiger partial charge in [-0.3, -0.25) is 9.79 Å². The maximum atomic E-state index is 11.9. The summed E-state index contributed by atoms with van der Waals surface area (Å²) in [5, 5.41) is 2.52. The predicted octanol–water partition coefficient (Wildman–Crippen LogP) is 3.49. The molecule has 0 saturated heterocycles. The summed E-state index contributed by atoms with van der Waals surface area (Å²) in [4.78, 5) is 17.8. The zero-order chi connectivity index (χ0) is 14.3. The molecule has 0 aliphatic rings.